The van der Waals surface area contributed by atoms with Gasteiger partial charge in [-0.05, 0) is 217 Å². The van der Waals surface area contributed by atoms with Crippen molar-refractivity contribution >= 4 is 111 Å². The Morgan fingerprint density at radius 2 is 0.612 bits per heavy atom. The van der Waals surface area contributed by atoms with E-state index < -0.39 is 91.7 Å². The first-order valence-electron chi connectivity index (χ1n) is 38.3. The number of phenolic OH excluding ortho intramolecular Hbond substituents is 2. The number of carbonyl (C=O) groups excluding carboxylic acids is 4. The van der Waals surface area contributed by atoms with Crippen molar-refractivity contribution in [2.75, 3.05) is 143 Å². The summed E-state index contributed by atoms with van der Waals surface area (Å²) in [4.78, 5) is 66.0. The largest absolute Gasteiger partial charge is 0.507 e. The SMILES string of the molecule is CCOC(=O)c1c(O)cccc1OCC.CCOc1cccc(O)c1C(=O)Nc1ccc(Cl)c(C(F)(F)F)c1.CCOc1cccc(O)c1C(=O)O.CCOc1cccc(OCCN(C)C)c1C(=O)Nc1ccc(Cl)c(C(F)(F)F)c1.CCOc1cccc(OCCN(C)C)c1C(=O)Nc1ccc(Cl)c(C(F)(F)F)c1.CN(C)CCO.Cl.Nc1ccc(Cl)c(C(F)(F)F)c1. The van der Waals surface area contributed by atoms with Gasteiger partial charge >= 0.3 is 36.6 Å². The maximum atomic E-state index is 13.1. The summed E-state index contributed by atoms with van der Waals surface area (Å²) in [7, 11) is 11.4. The van der Waals surface area contributed by atoms with Crippen molar-refractivity contribution in [3.8, 4) is 57.5 Å². The number of hydrogen-bond acceptors (Lipinski definition) is 21. The quantitative estimate of drug-likeness (QED) is 0.0119. The van der Waals surface area contributed by atoms with Gasteiger partial charge in [0.25, 0.3) is 17.7 Å². The number of aliphatic hydroxyl groups is 1. The molecule has 0 unspecified atom stereocenters. The predicted octanol–water partition coefficient (Wildman–Crippen LogP) is 21.0. The zero-order chi connectivity index (χ0) is 96.6. The zero-order valence-electron chi connectivity index (χ0n) is 71.5. The monoisotopic (exact) mass is 1930 g/mol. The number of aliphatic hydroxyl groups excluding tert-OH is 1. The molecular formula is C87H98Cl5F12N7O18. The van der Waals surface area contributed by atoms with Gasteiger partial charge in [0.05, 0.1) is 88.6 Å². The lowest BCUT2D eigenvalue weighted by Gasteiger charge is -2.17. The highest BCUT2D eigenvalue weighted by molar-refractivity contribution is 6.32. The van der Waals surface area contributed by atoms with E-state index in [2.05, 4.69) is 16.0 Å². The first kappa shape index (κ1) is 114. The highest BCUT2D eigenvalue weighted by atomic mass is 35.5. The molecule has 0 heterocycles. The van der Waals surface area contributed by atoms with Crippen LogP contribution >= 0.6 is 58.8 Å². The number of carboxylic acids is 1. The van der Waals surface area contributed by atoms with Gasteiger partial charge in [0.1, 0.15) is 98.5 Å². The number of aromatic carboxylic acids is 1. The molecule has 10 N–H and O–H groups in total. The minimum absolute atomic E-state index is 0. The van der Waals surface area contributed by atoms with Crippen molar-refractivity contribution < 1.29 is 140 Å². The number of nitrogens with two attached hydrogens (primary N) is 1. The Hall–Kier alpha value is -11.4. The molecule has 0 atom stereocenters. The summed E-state index contributed by atoms with van der Waals surface area (Å²) in [6, 6.07) is 35.6. The lowest BCUT2D eigenvalue weighted by molar-refractivity contribution is -0.138. The summed E-state index contributed by atoms with van der Waals surface area (Å²) in [6.45, 7) is 15.3. The Bertz CT molecular complexity index is 4940. The molecule has 0 aromatic heterocycles. The Morgan fingerprint density at radius 1 is 0.357 bits per heavy atom. The van der Waals surface area contributed by atoms with Crippen LogP contribution in [-0.2, 0) is 29.4 Å². The van der Waals surface area contributed by atoms with Crippen LogP contribution < -0.4 is 54.8 Å². The summed E-state index contributed by atoms with van der Waals surface area (Å²) in [5.41, 5.74) is 0.938. The van der Waals surface area contributed by atoms with Crippen molar-refractivity contribution in [2.45, 2.75) is 66.2 Å². The van der Waals surface area contributed by atoms with Crippen LogP contribution in [-0.4, -0.2) is 191 Å². The number of carboxylic acid groups (broad SMARTS) is 1. The average molecular weight is 1940 g/mol. The van der Waals surface area contributed by atoms with E-state index in [1.165, 1.54) is 66.7 Å². The molecule has 0 aliphatic carbocycles. The van der Waals surface area contributed by atoms with E-state index in [0.717, 1.165) is 55.1 Å². The molecule has 42 heteroatoms. The maximum absolute atomic E-state index is 13.1. The Labute approximate surface area is 762 Å². The first-order valence-corrected chi connectivity index (χ1v) is 39.8. The summed E-state index contributed by atoms with van der Waals surface area (Å²) < 4.78 is 196. The van der Waals surface area contributed by atoms with Gasteiger partial charge in [0, 0.05) is 42.4 Å². The fourth-order valence-corrected chi connectivity index (χ4v) is 11.1. The second-order valence-electron chi connectivity index (χ2n) is 26.4. The molecular weight excluding hydrogens is 1840 g/mol. The third kappa shape index (κ3) is 38.4. The van der Waals surface area contributed by atoms with Gasteiger partial charge in [-0.2, -0.15) is 52.7 Å². The van der Waals surface area contributed by atoms with Gasteiger partial charge in [0.2, 0.25) is 0 Å². The molecule has 9 aromatic rings. The minimum atomic E-state index is -4.65. The number of halogens is 17. The number of amides is 3. The van der Waals surface area contributed by atoms with Crippen LogP contribution in [0.5, 0.6) is 57.5 Å². The number of ether oxygens (including phenoxy) is 8. The molecule has 3 amide bonds. The van der Waals surface area contributed by atoms with Crippen molar-refractivity contribution in [1.29, 1.82) is 0 Å². The minimum Gasteiger partial charge on any atom is -0.507 e. The number of rotatable bonds is 29. The van der Waals surface area contributed by atoms with Crippen molar-refractivity contribution in [1.82, 2.24) is 14.7 Å². The predicted molar refractivity (Wildman–Crippen MR) is 471 cm³/mol. The normalized spacial score (nSPS) is 10.9. The highest BCUT2D eigenvalue weighted by Crippen LogP contribution is 2.42. The van der Waals surface area contributed by atoms with Crippen LogP contribution in [0, 0.1) is 0 Å². The molecule has 0 aliphatic rings. The number of esters is 1. The number of likely N-dealkylation sites (N-methyl/N-ethyl adjacent to an activating group) is 3. The number of carbonyl (C=O) groups is 5. The number of nitrogens with one attached hydrogen (secondary N) is 3. The summed E-state index contributed by atoms with van der Waals surface area (Å²) in [5, 5.41) is 51.1. The van der Waals surface area contributed by atoms with Crippen LogP contribution in [0.2, 0.25) is 20.1 Å². The standard InChI is InChI=1S/2C20H22ClF3N2O3.C16H13ClF3NO3.C11H14O4.C9H10O4.C7H5ClF3N.C4H11NO.ClH/c2*1-4-28-16-6-5-7-17(29-11-10-26(2)3)18(16)19(27)25-13-8-9-15(21)14(12-13)20(22,23)24;1-2-24-13-5-3-4-12(22)14(13)15(23)21-9-6-7-11(17)10(8-9)16(18,19)20;1-3-14-9-7-5-6-8(12)10(9)11(13)15-4-2;1-2-13-7-5-3-4-6(10)8(7)9(11)12;8-6-2-1-4(12)3-5(6)7(9,10)11;1-5(2)3-4-6;/h2*5-9,12H,4,10-11H2,1-3H3,(H,25,27);3-8,22H,2H2,1H3,(H,21,23);5-7,12H,3-4H2,1-2H3;3-5,10H,2H2,1H3,(H,11,12);1-3H,12H2;6H,3-4H2,1-2H3;1H. The Kier molecular flexibility index (Phi) is 48.9. The molecule has 708 valence electrons. The number of nitrogens with zero attached hydrogens (tertiary/aromatic N) is 3. The number of anilines is 4. The van der Waals surface area contributed by atoms with Crippen LogP contribution in [0.4, 0.5) is 75.4 Å². The maximum Gasteiger partial charge on any atom is 0.417 e. The van der Waals surface area contributed by atoms with E-state index in [1.54, 1.807) is 90.1 Å². The van der Waals surface area contributed by atoms with Gasteiger partial charge in [-0.3, -0.25) is 14.4 Å². The van der Waals surface area contributed by atoms with Gasteiger partial charge in [0.15, 0.2) is 0 Å². The van der Waals surface area contributed by atoms with Crippen LogP contribution in [0.25, 0.3) is 0 Å². The fourth-order valence-electron chi connectivity index (χ4n) is 10.2. The average Bonchev–Trinajstić information content (AvgIpc) is 0.802. The summed E-state index contributed by atoms with van der Waals surface area (Å²) in [6.07, 6.45) is -18.4. The number of benzene rings is 9. The van der Waals surface area contributed by atoms with E-state index in [-0.39, 0.29) is 140 Å². The van der Waals surface area contributed by atoms with E-state index >= 15 is 0 Å². The molecule has 25 nitrogen and oxygen atoms in total. The summed E-state index contributed by atoms with van der Waals surface area (Å²) in [5.74, 6) is -2.84. The summed E-state index contributed by atoms with van der Waals surface area (Å²) >= 11 is 22.1. The molecule has 9 rings (SSSR count). The highest BCUT2D eigenvalue weighted by Gasteiger charge is 2.37. The van der Waals surface area contributed by atoms with Crippen LogP contribution in [0.1, 0.15) is 116 Å². The topological polar surface area (TPSA) is 332 Å². The number of nitrogen functional groups attached to an aromatic ring is 1. The van der Waals surface area contributed by atoms with E-state index in [1.807, 2.05) is 57.0 Å². The number of hydrogen-bond donors (Lipinski definition) is 9. The van der Waals surface area contributed by atoms with E-state index in [4.69, 9.17) is 100 Å². The molecule has 9 aromatic carbocycles. The molecule has 129 heavy (non-hydrogen) atoms. The lowest BCUT2D eigenvalue weighted by atomic mass is 10.1. The number of phenols is 3. The number of alkyl halides is 12. The van der Waals surface area contributed by atoms with Crippen molar-refractivity contribution in [2.24, 2.45) is 0 Å². The zero-order valence-corrected chi connectivity index (χ0v) is 75.3. The molecule has 0 saturated carbocycles. The van der Waals surface area contributed by atoms with Gasteiger partial charge in [-0.15, -0.1) is 12.4 Å². The molecule has 0 saturated heterocycles. The van der Waals surface area contributed by atoms with Crippen molar-refractivity contribution in [3.05, 3.63) is 234 Å². The molecule has 0 fully saturated rings. The van der Waals surface area contributed by atoms with Crippen molar-refractivity contribution in [3.63, 3.8) is 0 Å². The lowest BCUT2D eigenvalue weighted by Crippen LogP contribution is -2.21. The fraction of sp³-hybridized carbons (Fsp3) is 0.322. The third-order valence-corrected chi connectivity index (χ3v) is 17.2. The molecule has 0 radical (unpaired) electrons. The van der Waals surface area contributed by atoms with Crippen LogP contribution in [0.3, 0.4) is 0 Å². The number of aromatic hydroxyl groups is 3. The first-order chi connectivity index (χ1) is 60.0. The molecule has 0 aliphatic heterocycles. The van der Waals surface area contributed by atoms with Crippen LogP contribution in [0.15, 0.2) is 164 Å². The second-order valence-corrected chi connectivity index (χ2v) is 28.0. The van der Waals surface area contributed by atoms with Gasteiger partial charge in [-0.1, -0.05) is 76.7 Å². The Balaban J connectivity index is 0.000000531. The molecule has 0 bridgehead atoms. The smallest absolute Gasteiger partial charge is 0.417 e. The Morgan fingerprint density at radius 3 is 0.884 bits per heavy atom. The second kappa shape index (κ2) is 55.5. The third-order valence-electron chi connectivity index (χ3n) is 15.9. The van der Waals surface area contributed by atoms with Gasteiger partial charge < -0.3 is 99.8 Å². The van der Waals surface area contributed by atoms with E-state index in [9.17, 15) is 92.0 Å². The van der Waals surface area contributed by atoms with Gasteiger partial charge in [-0.25, -0.2) is 9.59 Å². The van der Waals surface area contributed by atoms with E-state index in [0.29, 0.717) is 58.5 Å². The molecule has 0 spiro atoms.